The molecule has 2 atom stereocenters. The maximum atomic E-state index is 13.3. The Kier molecular flexibility index (Phi) is 6.71. The average molecular weight is 463 g/mol. The second-order valence-electron chi connectivity index (χ2n) is 8.05. The van der Waals surface area contributed by atoms with Crippen molar-refractivity contribution >= 4 is 22.8 Å². The van der Waals surface area contributed by atoms with Crippen molar-refractivity contribution in [3.05, 3.63) is 59.3 Å². The molecule has 1 unspecified atom stereocenters. The molecule has 9 heteroatoms. The van der Waals surface area contributed by atoms with Gasteiger partial charge in [0, 0.05) is 16.6 Å². The molecule has 3 aromatic rings. The van der Waals surface area contributed by atoms with Crippen LogP contribution in [0, 0.1) is 12.8 Å². The van der Waals surface area contributed by atoms with Crippen LogP contribution in [-0.4, -0.2) is 33.0 Å². The van der Waals surface area contributed by atoms with Gasteiger partial charge in [0.05, 0.1) is 11.4 Å². The van der Waals surface area contributed by atoms with Gasteiger partial charge in [-0.3, -0.25) is 14.2 Å². The van der Waals surface area contributed by atoms with E-state index in [4.69, 9.17) is 0 Å². The van der Waals surface area contributed by atoms with Crippen LogP contribution in [0.25, 0.3) is 10.9 Å². The Hall–Kier alpha value is -3.49. The molecule has 0 aliphatic heterocycles. The van der Waals surface area contributed by atoms with E-state index in [1.807, 2.05) is 13.8 Å². The first-order valence-electron chi connectivity index (χ1n) is 10.4. The van der Waals surface area contributed by atoms with Crippen LogP contribution in [0.5, 0.6) is 11.5 Å². The van der Waals surface area contributed by atoms with E-state index < -0.39 is 29.9 Å². The first kappa shape index (κ1) is 24.2. The topological polar surface area (TPSA) is 88.8 Å². The summed E-state index contributed by atoms with van der Waals surface area (Å²) in [5.74, 6) is -2.91. The van der Waals surface area contributed by atoms with Crippen molar-refractivity contribution < 1.29 is 37.7 Å². The van der Waals surface area contributed by atoms with Crippen LogP contribution >= 0.6 is 0 Å². The lowest BCUT2D eigenvalue weighted by Crippen LogP contribution is -2.18. The minimum atomic E-state index is -4.85. The number of carbonyl (C=O) groups is 2. The number of carboxylic acid groups (broad SMARTS) is 1. The number of alkyl halides is 3. The largest absolute Gasteiger partial charge is 0.573 e. The van der Waals surface area contributed by atoms with Crippen molar-refractivity contribution in [2.75, 3.05) is 0 Å². The van der Waals surface area contributed by atoms with Crippen LogP contribution in [0.1, 0.15) is 54.2 Å². The molecule has 0 saturated heterocycles. The standard InChI is InChI=1S/C24H24F3NO5/c1-4-13(2)11-19(23(31)32)21-14(3)28(20-10-7-16(29)12-18(20)21)22(30)15-5-8-17(9-6-15)33-24(25,26)27/h5-10,12-13,19,29H,4,11H2,1-3H3,(H,31,32)/t13?,19-/m1/s1. The summed E-state index contributed by atoms with van der Waals surface area (Å²) < 4.78 is 42.4. The molecular weight excluding hydrogens is 439 g/mol. The van der Waals surface area contributed by atoms with Gasteiger partial charge >= 0.3 is 12.3 Å². The Morgan fingerprint density at radius 1 is 1.12 bits per heavy atom. The second kappa shape index (κ2) is 9.17. The van der Waals surface area contributed by atoms with Gasteiger partial charge in [-0.2, -0.15) is 0 Å². The molecule has 0 bridgehead atoms. The Morgan fingerprint density at radius 3 is 2.30 bits per heavy atom. The van der Waals surface area contributed by atoms with E-state index in [0.29, 0.717) is 28.6 Å². The van der Waals surface area contributed by atoms with Gasteiger partial charge in [0.25, 0.3) is 5.91 Å². The van der Waals surface area contributed by atoms with Gasteiger partial charge in [0.1, 0.15) is 11.5 Å². The number of hydrogen-bond acceptors (Lipinski definition) is 4. The van der Waals surface area contributed by atoms with E-state index in [1.54, 1.807) is 6.92 Å². The highest BCUT2D eigenvalue weighted by Gasteiger charge is 2.32. The van der Waals surface area contributed by atoms with E-state index in [1.165, 1.54) is 34.9 Å². The summed E-state index contributed by atoms with van der Waals surface area (Å²) in [5.41, 5.74) is 1.32. The third kappa shape index (κ3) is 5.13. The zero-order valence-electron chi connectivity index (χ0n) is 18.3. The molecule has 0 radical (unpaired) electrons. The summed E-state index contributed by atoms with van der Waals surface area (Å²) in [6.45, 7) is 5.52. The molecule has 2 N–H and O–H groups in total. The molecule has 176 valence electrons. The van der Waals surface area contributed by atoms with Gasteiger partial charge in [-0.15, -0.1) is 13.2 Å². The Bertz CT molecular complexity index is 1180. The number of nitrogens with zero attached hydrogens (tertiary/aromatic N) is 1. The molecule has 0 saturated carbocycles. The first-order chi connectivity index (χ1) is 15.4. The minimum Gasteiger partial charge on any atom is -0.508 e. The van der Waals surface area contributed by atoms with Crippen molar-refractivity contribution in [3.8, 4) is 11.5 Å². The summed E-state index contributed by atoms with van der Waals surface area (Å²) in [4.78, 5) is 25.5. The number of hydrogen-bond donors (Lipinski definition) is 2. The highest BCUT2D eigenvalue weighted by Crippen LogP contribution is 2.38. The van der Waals surface area contributed by atoms with Crippen LogP contribution in [-0.2, 0) is 4.79 Å². The molecule has 2 aromatic carbocycles. The van der Waals surface area contributed by atoms with Gasteiger partial charge in [-0.1, -0.05) is 20.3 Å². The maximum absolute atomic E-state index is 13.3. The van der Waals surface area contributed by atoms with Crippen molar-refractivity contribution in [2.24, 2.45) is 5.92 Å². The third-order valence-electron chi connectivity index (χ3n) is 5.76. The zero-order chi connectivity index (χ0) is 24.5. The number of carboxylic acids is 1. The fraction of sp³-hybridized carbons (Fsp3) is 0.333. The number of phenols is 1. The molecule has 0 spiro atoms. The summed E-state index contributed by atoms with van der Waals surface area (Å²) in [5, 5.41) is 20.4. The van der Waals surface area contributed by atoms with Crippen molar-refractivity contribution in [1.29, 1.82) is 0 Å². The Balaban J connectivity index is 2.13. The van der Waals surface area contributed by atoms with Crippen molar-refractivity contribution in [1.82, 2.24) is 4.57 Å². The summed E-state index contributed by atoms with van der Waals surface area (Å²) >= 11 is 0. The lowest BCUT2D eigenvalue weighted by Gasteiger charge is -2.17. The predicted molar refractivity (Wildman–Crippen MR) is 116 cm³/mol. The highest BCUT2D eigenvalue weighted by atomic mass is 19.4. The molecule has 0 aliphatic carbocycles. The van der Waals surface area contributed by atoms with E-state index >= 15 is 0 Å². The molecule has 6 nitrogen and oxygen atoms in total. The monoisotopic (exact) mass is 463 g/mol. The fourth-order valence-corrected chi connectivity index (χ4v) is 3.97. The fourth-order valence-electron chi connectivity index (χ4n) is 3.97. The van der Waals surface area contributed by atoms with Gasteiger partial charge in [0.2, 0.25) is 0 Å². The third-order valence-corrected chi connectivity index (χ3v) is 5.76. The molecule has 3 rings (SSSR count). The predicted octanol–water partition coefficient (Wildman–Crippen LogP) is 5.85. The first-order valence-corrected chi connectivity index (χ1v) is 10.4. The summed E-state index contributed by atoms with van der Waals surface area (Å²) in [6.07, 6.45) is -3.73. The summed E-state index contributed by atoms with van der Waals surface area (Å²) in [6, 6.07) is 8.83. The number of aromatic nitrogens is 1. The van der Waals surface area contributed by atoms with Crippen LogP contribution < -0.4 is 4.74 Å². The lowest BCUT2D eigenvalue weighted by molar-refractivity contribution is -0.274. The van der Waals surface area contributed by atoms with E-state index in [-0.39, 0.29) is 17.2 Å². The molecule has 0 amide bonds. The number of aromatic hydroxyl groups is 1. The molecule has 1 heterocycles. The van der Waals surface area contributed by atoms with Gasteiger partial charge < -0.3 is 14.9 Å². The van der Waals surface area contributed by atoms with E-state index in [2.05, 4.69) is 4.74 Å². The number of fused-ring (bicyclic) bond motifs is 1. The average Bonchev–Trinajstić information content (AvgIpc) is 3.01. The number of benzene rings is 2. The van der Waals surface area contributed by atoms with Gasteiger partial charge in [-0.25, -0.2) is 0 Å². The quantitative estimate of drug-likeness (QED) is 0.459. The maximum Gasteiger partial charge on any atom is 0.573 e. The highest BCUT2D eigenvalue weighted by molar-refractivity contribution is 6.05. The van der Waals surface area contributed by atoms with Gasteiger partial charge in [0.15, 0.2) is 0 Å². The number of phenolic OH excluding ortho intramolecular Hbond substituents is 1. The number of halogens is 3. The van der Waals surface area contributed by atoms with E-state index in [0.717, 1.165) is 18.6 Å². The Labute approximate surface area is 188 Å². The van der Waals surface area contributed by atoms with Crippen LogP contribution in [0.3, 0.4) is 0 Å². The van der Waals surface area contributed by atoms with Crippen LogP contribution in [0.15, 0.2) is 42.5 Å². The van der Waals surface area contributed by atoms with Gasteiger partial charge in [-0.05, 0) is 67.3 Å². The van der Waals surface area contributed by atoms with Crippen LogP contribution in [0.2, 0.25) is 0 Å². The zero-order valence-corrected chi connectivity index (χ0v) is 18.3. The Morgan fingerprint density at radius 2 is 1.76 bits per heavy atom. The number of carbonyl (C=O) groups excluding carboxylic acids is 1. The van der Waals surface area contributed by atoms with Crippen molar-refractivity contribution in [3.63, 3.8) is 0 Å². The number of rotatable bonds is 7. The molecule has 1 aromatic heterocycles. The minimum absolute atomic E-state index is 0.0744. The second-order valence-corrected chi connectivity index (χ2v) is 8.05. The molecule has 33 heavy (non-hydrogen) atoms. The summed E-state index contributed by atoms with van der Waals surface area (Å²) in [7, 11) is 0. The molecule has 0 fully saturated rings. The van der Waals surface area contributed by atoms with E-state index in [9.17, 15) is 33.0 Å². The van der Waals surface area contributed by atoms with Crippen molar-refractivity contribution in [2.45, 2.75) is 45.9 Å². The SMILES string of the molecule is CCC(C)C[C@@H](C(=O)O)c1c(C)n(C(=O)c2ccc(OC(F)(F)F)cc2)c2ccc(O)cc12. The smallest absolute Gasteiger partial charge is 0.508 e. The van der Waals surface area contributed by atoms with Crippen LogP contribution in [0.4, 0.5) is 13.2 Å². The normalized spacial score (nSPS) is 13.6. The molecule has 0 aliphatic rings. The molecular formula is C24H24F3NO5. The lowest BCUT2D eigenvalue weighted by atomic mass is 9.87. The number of aliphatic carboxylic acids is 1. The number of ether oxygens (including phenoxy) is 1.